The summed E-state index contributed by atoms with van der Waals surface area (Å²) in [5.41, 5.74) is 1.25. The number of halogens is 2. The largest absolute Gasteiger partial charge is 0.481 e. The first kappa shape index (κ1) is 13.1. The van der Waals surface area contributed by atoms with Crippen LogP contribution in [0.4, 0.5) is 0 Å². The van der Waals surface area contributed by atoms with Crippen LogP contribution in [0.3, 0.4) is 0 Å². The van der Waals surface area contributed by atoms with Crippen LogP contribution in [0, 0.1) is 0 Å². The van der Waals surface area contributed by atoms with Crippen molar-refractivity contribution >= 4 is 33.5 Å². The maximum Gasteiger partial charge on any atom is 0.309 e. The normalized spacial score (nSPS) is 10.6. The summed E-state index contributed by atoms with van der Waals surface area (Å²) in [5, 5.41) is 9.15. The van der Waals surface area contributed by atoms with E-state index in [9.17, 15) is 4.79 Å². The van der Waals surface area contributed by atoms with E-state index in [0.29, 0.717) is 16.7 Å². The Hall–Kier alpha value is -1.33. The van der Waals surface area contributed by atoms with Gasteiger partial charge in [0, 0.05) is 17.1 Å². The van der Waals surface area contributed by atoms with Gasteiger partial charge in [0.2, 0.25) is 0 Å². The summed E-state index contributed by atoms with van der Waals surface area (Å²) < 4.78 is 2.57. The van der Waals surface area contributed by atoms with Crippen molar-refractivity contribution in [3.63, 3.8) is 0 Å². The van der Waals surface area contributed by atoms with Crippen LogP contribution >= 0.6 is 27.5 Å². The molecule has 6 heteroatoms. The molecule has 0 radical (unpaired) electrons. The number of hydrogen-bond acceptors (Lipinski definition) is 2. The quantitative estimate of drug-likeness (QED) is 0.941. The Balaban J connectivity index is 2.53. The number of rotatable bonds is 3. The van der Waals surface area contributed by atoms with Gasteiger partial charge >= 0.3 is 5.97 Å². The van der Waals surface area contributed by atoms with E-state index >= 15 is 0 Å². The van der Waals surface area contributed by atoms with Crippen molar-refractivity contribution in [2.24, 2.45) is 7.05 Å². The molecule has 0 spiro atoms. The summed E-state index contributed by atoms with van der Waals surface area (Å²) in [7, 11) is 1.76. The molecule has 0 aliphatic rings. The highest BCUT2D eigenvalue weighted by molar-refractivity contribution is 9.10. The Morgan fingerprint density at radius 1 is 1.50 bits per heavy atom. The van der Waals surface area contributed by atoms with Gasteiger partial charge in [-0.3, -0.25) is 4.79 Å². The third-order valence-electron chi connectivity index (χ3n) is 2.52. The molecule has 2 rings (SSSR count). The van der Waals surface area contributed by atoms with Crippen LogP contribution < -0.4 is 0 Å². The highest BCUT2D eigenvalue weighted by Gasteiger charge is 2.17. The van der Waals surface area contributed by atoms with E-state index < -0.39 is 5.97 Å². The molecular weight excluding hydrogens is 320 g/mol. The fourth-order valence-corrected chi connectivity index (χ4v) is 2.33. The fourth-order valence-electron chi connectivity index (χ4n) is 1.67. The van der Waals surface area contributed by atoms with E-state index in [-0.39, 0.29) is 6.42 Å². The molecule has 0 saturated heterocycles. The average Bonchev–Trinajstić information content (AvgIpc) is 2.58. The lowest BCUT2D eigenvalue weighted by Crippen LogP contribution is -2.01. The first-order valence-electron chi connectivity index (χ1n) is 5.18. The summed E-state index contributed by atoms with van der Waals surface area (Å²) >= 11 is 9.52. The standard InChI is InChI=1S/C12H10BrClN2O2/c1-16-11(14)9(6-10(17)18)15-12(16)7-4-2-3-5-8(7)13/h2-5H,6H2,1H3,(H,17,18). The number of imidazole rings is 1. The topological polar surface area (TPSA) is 55.1 Å². The smallest absolute Gasteiger partial charge is 0.309 e. The minimum Gasteiger partial charge on any atom is -0.481 e. The molecule has 0 fully saturated rings. The Bertz CT molecular complexity index is 610. The minimum absolute atomic E-state index is 0.183. The highest BCUT2D eigenvalue weighted by atomic mass is 79.9. The Morgan fingerprint density at radius 3 is 2.78 bits per heavy atom. The molecule has 0 saturated carbocycles. The van der Waals surface area contributed by atoms with Crippen molar-refractivity contribution < 1.29 is 9.90 Å². The van der Waals surface area contributed by atoms with Crippen LogP contribution in [0.5, 0.6) is 0 Å². The molecule has 1 N–H and O–H groups in total. The number of aromatic nitrogens is 2. The zero-order valence-electron chi connectivity index (χ0n) is 9.52. The van der Waals surface area contributed by atoms with E-state index in [1.807, 2.05) is 24.3 Å². The number of hydrogen-bond donors (Lipinski definition) is 1. The summed E-state index contributed by atoms with van der Waals surface area (Å²) in [5.74, 6) is -0.308. The van der Waals surface area contributed by atoms with Gasteiger partial charge in [-0.05, 0) is 6.07 Å². The lowest BCUT2D eigenvalue weighted by atomic mass is 10.2. The maximum atomic E-state index is 10.7. The second-order valence-electron chi connectivity index (χ2n) is 3.78. The first-order chi connectivity index (χ1) is 8.50. The van der Waals surface area contributed by atoms with Gasteiger partial charge in [-0.25, -0.2) is 4.98 Å². The van der Waals surface area contributed by atoms with Gasteiger partial charge in [0.1, 0.15) is 11.0 Å². The Morgan fingerprint density at radius 2 is 2.17 bits per heavy atom. The fraction of sp³-hybridized carbons (Fsp3) is 0.167. The summed E-state index contributed by atoms with van der Waals surface area (Å²) in [6.07, 6.45) is -0.183. The van der Waals surface area contributed by atoms with Gasteiger partial charge < -0.3 is 9.67 Å². The van der Waals surface area contributed by atoms with Gasteiger partial charge in [-0.1, -0.05) is 45.7 Å². The number of carboxylic acid groups (broad SMARTS) is 1. The lowest BCUT2D eigenvalue weighted by Gasteiger charge is -2.04. The van der Waals surface area contributed by atoms with Gasteiger partial charge in [0.25, 0.3) is 0 Å². The predicted molar refractivity (Wildman–Crippen MR) is 72.7 cm³/mol. The number of aliphatic carboxylic acids is 1. The number of carbonyl (C=O) groups is 1. The average molecular weight is 330 g/mol. The van der Waals surface area contributed by atoms with E-state index in [4.69, 9.17) is 16.7 Å². The summed E-state index contributed by atoms with van der Waals surface area (Å²) in [6.45, 7) is 0. The first-order valence-corrected chi connectivity index (χ1v) is 6.35. The molecule has 1 aromatic heterocycles. The third-order valence-corrected chi connectivity index (χ3v) is 3.69. The predicted octanol–water partition coefficient (Wildman–Crippen LogP) is 3.13. The van der Waals surface area contributed by atoms with Crippen molar-refractivity contribution in [3.8, 4) is 11.4 Å². The van der Waals surface area contributed by atoms with Crippen LogP contribution in [0.2, 0.25) is 5.15 Å². The molecule has 1 aromatic carbocycles. The SMILES string of the molecule is Cn1c(-c2ccccc2Br)nc(CC(=O)O)c1Cl. The third kappa shape index (κ3) is 2.42. The van der Waals surface area contributed by atoms with Crippen molar-refractivity contribution in [2.75, 3.05) is 0 Å². The van der Waals surface area contributed by atoms with Gasteiger partial charge in [-0.15, -0.1) is 0 Å². The minimum atomic E-state index is -0.950. The molecule has 18 heavy (non-hydrogen) atoms. The zero-order valence-corrected chi connectivity index (χ0v) is 11.9. The van der Waals surface area contributed by atoms with Gasteiger partial charge in [0.15, 0.2) is 0 Å². The molecule has 0 aliphatic heterocycles. The monoisotopic (exact) mass is 328 g/mol. The number of benzene rings is 1. The molecule has 2 aromatic rings. The van der Waals surface area contributed by atoms with Crippen LogP contribution in [-0.4, -0.2) is 20.6 Å². The van der Waals surface area contributed by atoms with E-state index in [2.05, 4.69) is 20.9 Å². The highest BCUT2D eigenvalue weighted by Crippen LogP contribution is 2.30. The molecule has 0 unspecified atom stereocenters. The zero-order chi connectivity index (χ0) is 13.3. The second kappa shape index (κ2) is 5.12. The van der Waals surface area contributed by atoms with E-state index in [1.165, 1.54) is 0 Å². The second-order valence-corrected chi connectivity index (χ2v) is 4.99. The van der Waals surface area contributed by atoms with Crippen LogP contribution in [0.1, 0.15) is 5.69 Å². The van der Waals surface area contributed by atoms with Gasteiger partial charge in [0.05, 0.1) is 12.1 Å². The molecule has 94 valence electrons. The van der Waals surface area contributed by atoms with Crippen LogP contribution in [0.25, 0.3) is 11.4 Å². The van der Waals surface area contributed by atoms with Crippen molar-refractivity contribution in [1.82, 2.24) is 9.55 Å². The van der Waals surface area contributed by atoms with E-state index in [0.717, 1.165) is 10.0 Å². The number of nitrogens with zero attached hydrogens (tertiary/aromatic N) is 2. The summed E-state index contributed by atoms with van der Waals surface area (Å²) in [6, 6.07) is 7.58. The van der Waals surface area contributed by atoms with Crippen molar-refractivity contribution in [1.29, 1.82) is 0 Å². The molecular formula is C12H10BrClN2O2. The molecule has 0 bridgehead atoms. The Labute approximate surface area is 117 Å². The van der Waals surface area contributed by atoms with Crippen molar-refractivity contribution in [2.45, 2.75) is 6.42 Å². The van der Waals surface area contributed by atoms with Crippen LogP contribution in [0.15, 0.2) is 28.7 Å². The molecule has 0 aliphatic carbocycles. The lowest BCUT2D eigenvalue weighted by molar-refractivity contribution is -0.136. The van der Waals surface area contributed by atoms with E-state index in [1.54, 1.807) is 11.6 Å². The van der Waals surface area contributed by atoms with Crippen molar-refractivity contribution in [3.05, 3.63) is 39.6 Å². The van der Waals surface area contributed by atoms with Gasteiger partial charge in [-0.2, -0.15) is 0 Å². The number of carboxylic acids is 1. The Kier molecular flexibility index (Phi) is 3.73. The maximum absolute atomic E-state index is 10.7. The molecule has 0 atom stereocenters. The molecule has 4 nitrogen and oxygen atoms in total. The van der Waals surface area contributed by atoms with Crippen LogP contribution in [-0.2, 0) is 18.3 Å². The molecule has 1 heterocycles. The molecule has 0 amide bonds. The summed E-state index contributed by atoms with van der Waals surface area (Å²) in [4.78, 5) is 15.0.